The molecule has 5 nitrogen and oxygen atoms in total. The van der Waals surface area contributed by atoms with Gasteiger partial charge >= 0.3 is 0 Å². The molecule has 0 saturated carbocycles. The van der Waals surface area contributed by atoms with Gasteiger partial charge in [0.15, 0.2) is 0 Å². The van der Waals surface area contributed by atoms with Gasteiger partial charge in [0.25, 0.3) is 0 Å². The Morgan fingerprint density at radius 3 is 2.17 bits per heavy atom. The predicted octanol–water partition coefficient (Wildman–Crippen LogP) is 1.75. The lowest BCUT2D eigenvalue weighted by Gasteiger charge is -2.39. The summed E-state index contributed by atoms with van der Waals surface area (Å²) in [6.45, 7) is 12.4. The Labute approximate surface area is 140 Å². The minimum Gasteiger partial charge on any atom is -0.369 e. The number of hydrogen-bond donors (Lipinski definition) is 1. The first kappa shape index (κ1) is 18.2. The Hall–Kier alpha value is -1.11. The number of sulfonamides is 1. The molecule has 1 N–H and O–H groups in total. The van der Waals surface area contributed by atoms with Crippen LogP contribution in [-0.4, -0.2) is 57.8 Å². The van der Waals surface area contributed by atoms with Gasteiger partial charge in [0.2, 0.25) is 10.0 Å². The highest BCUT2D eigenvalue weighted by Gasteiger charge is 2.22. The average molecular weight is 340 g/mol. The Balaban J connectivity index is 1.88. The SMILES string of the molecule is CCS(=O)(=O)NCC(C)N1CCN(c2cc(C)cc(C)c2)CC1. The molecule has 0 amide bonds. The van der Waals surface area contributed by atoms with Crippen LogP contribution in [-0.2, 0) is 10.0 Å². The number of anilines is 1. The number of piperazine rings is 1. The van der Waals surface area contributed by atoms with Gasteiger partial charge in [-0.1, -0.05) is 6.07 Å². The third kappa shape index (κ3) is 5.19. The highest BCUT2D eigenvalue weighted by Crippen LogP contribution is 2.20. The van der Waals surface area contributed by atoms with Gasteiger partial charge in [-0.2, -0.15) is 0 Å². The van der Waals surface area contributed by atoms with Crippen molar-refractivity contribution in [3.05, 3.63) is 29.3 Å². The summed E-state index contributed by atoms with van der Waals surface area (Å²) in [5.74, 6) is 0.139. The Kier molecular flexibility index (Phi) is 6.06. The number of rotatable bonds is 6. The van der Waals surface area contributed by atoms with E-state index in [2.05, 4.69) is 53.5 Å². The molecule has 1 aromatic rings. The number of aryl methyl sites for hydroxylation is 2. The molecular weight excluding hydrogens is 310 g/mol. The van der Waals surface area contributed by atoms with E-state index in [-0.39, 0.29) is 11.8 Å². The second-order valence-electron chi connectivity index (χ2n) is 6.47. The Bertz CT molecular complexity index is 602. The zero-order valence-corrected chi connectivity index (χ0v) is 15.5. The average Bonchev–Trinajstić information content (AvgIpc) is 2.52. The van der Waals surface area contributed by atoms with Gasteiger partial charge in [0.1, 0.15) is 0 Å². The molecule has 1 heterocycles. The van der Waals surface area contributed by atoms with Crippen molar-refractivity contribution in [2.24, 2.45) is 0 Å². The summed E-state index contributed by atoms with van der Waals surface area (Å²) in [5.41, 5.74) is 3.89. The molecule has 0 aliphatic carbocycles. The van der Waals surface area contributed by atoms with Gasteiger partial charge in [-0.3, -0.25) is 4.90 Å². The van der Waals surface area contributed by atoms with Crippen molar-refractivity contribution < 1.29 is 8.42 Å². The van der Waals surface area contributed by atoms with Crippen LogP contribution in [0.1, 0.15) is 25.0 Å². The minimum atomic E-state index is -3.10. The summed E-state index contributed by atoms with van der Waals surface area (Å²) in [6, 6.07) is 6.89. The van der Waals surface area contributed by atoms with Crippen molar-refractivity contribution in [3.8, 4) is 0 Å². The van der Waals surface area contributed by atoms with Crippen molar-refractivity contribution >= 4 is 15.7 Å². The third-order valence-corrected chi connectivity index (χ3v) is 5.85. The van der Waals surface area contributed by atoms with Gasteiger partial charge in [-0.15, -0.1) is 0 Å². The molecule has 130 valence electrons. The summed E-state index contributed by atoms with van der Waals surface area (Å²) in [7, 11) is -3.10. The number of benzene rings is 1. The van der Waals surface area contributed by atoms with Gasteiger partial charge in [-0.05, 0) is 51.0 Å². The molecule has 1 aromatic carbocycles. The highest BCUT2D eigenvalue weighted by molar-refractivity contribution is 7.89. The lowest BCUT2D eigenvalue weighted by atomic mass is 10.1. The molecule has 0 radical (unpaired) electrons. The fourth-order valence-corrected chi connectivity index (χ4v) is 3.73. The maximum atomic E-state index is 11.5. The number of nitrogens with one attached hydrogen (secondary N) is 1. The second kappa shape index (κ2) is 7.64. The molecule has 1 aliphatic rings. The molecule has 0 spiro atoms. The molecule has 1 fully saturated rings. The summed E-state index contributed by atoms with van der Waals surface area (Å²) < 4.78 is 25.8. The lowest BCUT2D eigenvalue weighted by Crippen LogP contribution is -2.52. The smallest absolute Gasteiger partial charge is 0.211 e. The van der Waals surface area contributed by atoms with E-state index < -0.39 is 10.0 Å². The third-order valence-electron chi connectivity index (χ3n) is 4.49. The summed E-state index contributed by atoms with van der Waals surface area (Å²) in [5, 5.41) is 0. The van der Waals surface area contributed by atoms with Crippen LogP contribution in [0.15, 0.2) is 18.2 Å². The minimum absolute atomic E-state index is 0.139. The van der Waals surface area contributed by atoms with Crippen LogP contribution in [0.4, 0.5) is 5.69 Å². The van der Waals surface area contributed by atoms with Gasteiger partial charge in [0, 0.05) is 44.5 Å². The molecule has 2 rings (SSSR count). The van der Waals surface area contributed by atoms with Crippen molar-refractivity contribution in [1.29, 1.82) is 0 Å². The first-order valence-electron chi connectivity index (χ1n) is 8.35. The first-order chi connectivity index (χ1) is 10.8. The van der Waals surface area contributed by atoms with Crippen LogP contribution >= 0.6 is 0 Å². The van der Waals surface area contributed by atoms with Crippen LogP contribution in [0.2, 0.25) is 0 Å². The number of hydrogen-bond acceptors (Lipinski definition) is 4. The van der Waals surface area contributed by atoms with E-state index in [0.29, 0.717) is 6.54 Å². The van der Waals surface area contributed by atoms with E-state index in [1.165, 1.54) is 16.8 Å². The second-order valence-corrected chi connectivity index (χ2v) is 8.57. The summed E-state index contributed by atoms with van der Waals surface area (Å²) in [4.78, 5) is 4.77. The normalized spacial score (nSPS) is 18.2. The van der Waals surface area contributed by atoms with Crippen molar-refractivity contribution in [3.63, 3.8) is 0 Å². The topological polar surface area (TPSA) is 52.7 Å². The van der Waals surface area contributed by atoms with Crippen LogP contribution in [0.3, 0.4) is 0 Å². The monoisotopic (exact) mass is 339 g/mol. The fourth-order valence-electron chi connectivity index (χ4n) is 3.03. The molecule has 0 aromatic heterocycles. The number of nitrogens with zero attached hydrogens (tertiary/aromatic N) is 2. The van der Waals surface area contributed by atoms with Gasteiger partial charge < -0.3 is 4.90 Å². The maximum absolute atomic E-state index is 11.5. The van der Waals surface area contributed by atoms with E-state index in [0.717, 1.165) is 26.2 Å². The molecule has 1 atom stereocenters. The van der Waals surface area contributed by atoms with Crippen LogP contribution in [0.5, 0.6) is 0 Å². The fraction of sp³-hybridized carbons (Fsp3) is 0.647. The molecule has 6 heteroatoms. The van der Waals surface area contributed by atoms with Crippen molar-refractivity contribution in [1.82, 2.24) is 9.62 Å². The van der Waals surface area contributed by atoms with Crippen LogP contribution in [0.25, 0.3) is 0 Å². The molecular formula is C17H29N3O2S. The quantitative estimate of drug-likeness (QED) is 0.858. The van der Waals surface area contributed by atoms with E-state index in [1.807, 2.05) is 0 Å². The molecule has 0 bridgehead atoms. The summed E-state index contributed by atoms with van der Waals surface area (Å²) in [6.07, 6.45) is 0. The lowest BCUT2D eigenvalue weighted by molar-refractivity contribution is 0.198. The maximum Gasteiger partial charge on any atom is 0.211 e. The molecule has 1 aliphatic heterocycles. The van der Waals surface area contributed by atoms with Crippen molar-refractivity contribution in [2.45, 2.75) is 33.7 Å². The standard InChI is InChI=1S/C17H29N3O2S/c1-5-23(21,22)18-13-16(4)19-6-8-20(9-7-19)17-11-14(2)10-15(3)12-17/h10-12,16,18H,5-9,13H2,1-4H3. The zero-order chi connectivity index (χ0) is 17.0. The molecule has 23 heavy (non-hydrogen) atoms. The zero-order valence-electron chi connectivity index (χ0n) is 14.7. The largest absolute Gasteiger partial charge is 0.369 e. The highest BCUT2D eigenvalue weighted by atomic mass is 32.2. The molecule has 1 saturated heterocycles. The van der Waals surface area contributed by atoms with E-state index in [9.17, 15) is 8.42 Å². The summed E-state index contributed by atoms with van der Waals surface area (Å²) >= 11 is 0. The Morgan fingerprint density at radius 2 is 1.65 bits per heavy atom. The first-order valence-corrected chi connectivity index (χ1v) is 10.0. The van der Waals surface area contributed by atoms with E-state index in [4.69, 9.17) is 0 Å². The van der Waals surface area contributed by atoms with E-state index in [1.54, 1.807) is 6.92 Å². The predicted molar refractivity (Wildman–Crippen MR) is 96.6 cm³/mol. The van der Waals surface area contributed by atoms with Crippen LogP contribution in [0, 0.1) is 13.8 Å². The van der Waals surface area contributed by atoms with Crippen molar-refractivity contribution in [2.75, 3.05) is 43.4 Å². The van der Waals surface area contributed by atoms with E-state index >= 15 is 0 Å². The Morgan fingerprint density at radius 1 is 1.09 bits per heavy atom. The van der Waals surface area contributed by atoms with Gasteiger partial charge in [-0.25, -0.2) is 13.1 Å². The van der Waals surface area contributed by atoms with Crippen LogP contribution < -0.4 is 9.62 Å². The molecule has 1 unspecified atom stereocenters. The van der Waals surface area contributed by atoms with Gasteiger partial charge in [0.05, 0.1) is 5.75 Å².